The molecular weight excluding hydrogens is 206 g/mol. The van der Waals surface area contributed by atoms with Gasteiger partial charge in [0, 0.05) is 26.3 Å². The summed E-state index contributed by atoms with van der Waals surface area (Å²) in [5.41, 5.74) is 0. The van der Waals surface area contributed by atoms with Gasteiger partial charge in [0.1, 0.15) is 0 Å². The average Bonchev–Trinajstić information content (AvgIpc) is 2.75. The van der Waals surface area contributed by atoms with E-state index in [1.165, 1.54) is 0 Å². The molecule has 4 heteroatoms. The average molecular weight is 231 g/mol. The van der Waals surface area contributed by atoms with E-state index in [0.29, 0.717) is 25.4 Å². The summed E-state index contributed by atoms with van der Waals surface area (Å²) in [6.07, 6.45) is 2.69. The molecule has 1 saturated heterocycles. The zero-order chi connectivity index (χ0) is 11.8. The highest BCUT2D eigenvalue weighted by atomic mass is 16.6. The zero-order valence-corrected chi connectivity index (χ0v) is 10.7. The minimum absolute atomic E-state index is 0.122. The molecule has 1 aliphatic rings. The minimum atomic E-state index is 0.122. The van der Waals surface area contributed by atoms with Gasteiger partial charge in [-0.2, -0.15) is 0 Å². The molecule has 1 N–H and O–H groups in total. The third-order valence-electron chi connectivity index (χ3n) is 2.65. The maximum Gasteiger partial charge on any atom is 0.0933 e. The first-order valence-electron chi connectivity index (χ1n) is 6.18. The summed E-state index contributed by atoms with van der Waals surface area (Å²) in [7, 11) is 1.71. The third-order valence-corrected chi connectivity index (χ3v) is 2.65. The third kappa shape index (κ3) is 5.80. The van der Waals surface area contributed by atoms with E-state index in [1.54, 1.807) is 7.11 Å². The molecule has 1 rings (SSSR count). The quantitative estimate of drug-likeness (QED) is 0.681. The first-order valence-corrected chi connectivity index (χ1v) is 6.18. The predicted molar refractivity (Wildman–Crippen MR) is 63.7 cm³/mol. The van der Waals surface area contributed by atoms with Crippen molar-refractivity contribution < 1.29 is 14.2 Å². The van der Waals surface area contributed by atoms with Crippen LogP contribution in [-0.4, -0.2) is 51.7 Å². The van der Waals surface area contributed by atoms with E-state index in [2.05, 4.69) is 19.2 Å². The van der Waals surface area contributed by atoms with E-state index in [0.717, 1.165) is 26.0 Å². The molecule has 1 fully saturated rings. The van der Waals surface area contributed by atoms with Crippen molar-refractivity contribution in [3.63, 3.8) is 0 Å². The van der Waals surface area contributed by atoms with Crippen molar-refractivity contribution in [3.8, 4) is 0 Å². The number of hydrogen-bond donors (Lipinski definition) is 1. The van der Waals surface area contributed by atoms with Crippen LogP contribution in [0.4, 0.5) is 0 Å². The summed E-state index contributed by atoms with van der Waals surface area (Å²) >= 11 is 0. The standard InChI is InChI=1S/C12H25NO3/c1-10(2)13-7-12(8-14-3)16-9-11-5-4-6-15-11/h10-13H,4-9H2,1-3H3. The highest BCUT2D eigenvalue weighted by Gasteiger charge is 2.18. The lowest BCUT2D eigenvalue weighted by molar-refractivity contribution is -0.0459. The van der Waals surface area contributed by atoms with Gasteiger partial charge >= 0.3 is 0 Å². The van der Waals surface area contributed by atoms with Gasteiger partial charge in [-0.05, 0) is 12.8 Å². The first kappa shape index (κ1) is 13.9. The van der Waals surface area contributed by atoms with Gasteiger partial charge in [-0.25, -0.2) is 0 Å². The second-order valence-electron chi connectivity index (χ2n) is 4.61. The summed E-state index contributed by atoms with van der Waals surface area (Å²) in [6.45, 7) is 7.29. The van der Waals surface area contributed by atoms with Crippen LogP contribution in [0, 0.1) is 0 Å². The Kier molecular flexibility index (Phi) is 6.96. The van der Waals surface area contributed by atoms with Crippen LogP contribution in [-0.2, 0) is 14.2 Å². The van der Waals surface area contributed by atoms with E-state index in [9.17, 15) is 0 Å². The van der Waals surface area contributed by atoms with Crippen LogP contribution >= 0.6 is 0 Å². The Balaban J connectivity index is 2.15. The Morgan fingerprint density at radius 1 is 1.44 bits per heavy atom. The normalized spacial score (nSPS) is 22.9. The molecule has 0 spiro atoms. The minimum Gasteiger partial charge on any atom is -0.382 e. The monoisotopic (exact) mass is 231 g/mol. The molecule has 0 aromatic rings. The molecule has 0 saturated carbocycles. The molecule has 0 aromatic heterocycles. The number of rotatable bonds is 8. The molecule has 4 nitrogen and oxygen atoms in total. The zero-order valence-electron chi connectivity index (χ0n) is 10.7. The van der Waals surface area contributed by atoms with Crippen molar-refractivity contribution in [2.45, 2.75) is 44.9 Å². The van der Waals surface area contributed by atoms with Crippen LogP contribution in [0.2, 0.25) is 0 Å². The van der Waals surface area contributed by atoms with Gasteiger partial charge in [0.2, 0.25) is 0 Å². The van der Waals surface area contributed by atoms with Crippen molar-refractivity contribution in [1.29, 1.82) is 0 Å². The van der Waals surface area contributed by atoms with Crippen molar-refractivity contribution in [2.24, 2.45) is 0 Å². The smallest absolute Gasteiger partial charge is 0.0933 e. The molecule has 0 radical (unpaired) electrons. The Bertz CT molecular complexity index is 170. The van der Waals surface area contributed by atoms with Crippen LogP contribution in [0.15, 0.2) is 0 Å². The van der Waals surface area contributed by atoms with Gasteiger partial charge in [-0.1, -0.05) is 13.8 Å². The molecule has 2 atom stereocenters. The number of methoxy groups -OCH3 is 1. The van der Waals surface area contributed by atoms with Gasteiger partial charge in [0.05, 0.1) is 25.4 Å². The van der Waals surface area contributed by atoms with Gasteiger partial charge in [-0.3, -0.25) is 0 Å². The number of hydrogen-bond acceptors (Lipinski definition) is 4. The van der Waals surface area contributed by atoms with Crippen LogP contribution in [0.3, 0.4) is 0 Å². The van der Waals surface area contributed by atoms with Crippen LogP contribution in [0.5, 0.6) is 0 Å². The van der Waals surface area contributed by atoms with Crippen LogP contribution in [0.25, 0.3) is 0 Å². The Labute approximate surface area is 98.6 Å². The summed E-state index contributed by atoms with van der Waals surface area (Å²) in [6, 6.07) is 0.477. The van der Waals surface area contributed by atoms with Crippen molar-refractivity contribution in [3.05, 3.63) is 0 Å². The van der Waals surface area contributed by atoms with E-state index in [4.69, 9.17) is 14.2 Å². The Morgan fingerprint density at radius 3 is 2.81 bits per heavy atom. The lowest BCUT2D eigenvalue weighted by Crippen LogP contribution is -2.37. The maximum absolute atomic E-state index is 5.80. The summed E-state index contributed by atoms with van der Waals surface area (Å²) in [5, 5.41) is 3.36. The fraction of sp³-hybridized carbons (Fsp3) is 1.00. The Hall–Kier alpha value is -0.160. The lowest BCUT2D eigenvalue weighted by atomic mass is 10.2. The second kappa shape index (κ2) is 8.01. The number of ether oxygens (including phenoxy) is 3. The first-order chi connectivity index (χ1) is 7.72. The SMILES string of the molecule is COCC(CNC(C)C)OCC1CCCO1. The topological polar surface area (TPSA) is 39.7 Å². The fourth-order valence-electron chi connectivity index (χ4n) is 1.74. The molecule has 1 aliphatic heterocycles. The molecule has 16 heavy (non-hydrogen) atoms. The van der Waals surface area contributed by atoms with Crippen molar-refractivity contribution in [1.82, 2.24) is 5.32 Å². The van der Waals surface area contributed by atoms with Crippen LogP contribution < -0.4 is 5.32 Å². The van der Waals surface area contributed by atoms with Gasteiger partial charge in [0.25, 0.3) is 0 Å². The van der Waals surface area contributed by atoms with Crippen molar-refractivity contribution >= 4 is 0 Å². The predicted octanol–water partition coefficient (Wildman–Crippen LogP) is 1.19. The van der Waals surface area contributed by atoms with E-state index >= 15 is 0 Å². The summed E-state index contributed by atoms with van der Waals surface area (Å²) < 4.78 is 16.5. The van der Waals surface area contributed by atoms with Gasteiger partial charge in [-0.15, -0.1) is 0 Å². The largest absolute Gasteiger partial charge is 0.382 e. The van der Waals surface area contributed by atoms with E-state index < -0.39 is 0 Å². The molecular formula is C12H25NO3. The molecule has 0 aliphatic carbocycles. The highest BCUT2D eigenvalue weighted by Crippen LogP contribution is 2.12. The fourth-order valence-corrected chi connectivity index (χ4v) is 1.74. The van der Waals surface area contributed by atoms with Gasteiger partial charge in [0.15, 0.2) is 0 Å². The molecule has 0 bridgehead atoms. The van der Waals surface area contributed by atoms with Crippen molar-refractivity contribution in [2.75, 3.05) is 33.5 Å². The van der Waals surface area contributed by atoms with Gasteiger partial charge < -0.3 is 19.5 Å². The molecule has 0 aromatic carbocycles. The summed E-state index contributed by atoms with van der Waals surface area (Å²) in [4.78, 5) is 0. The van der Waals surface area contributed by atoms with E-state index in [-0.39, 0.29) is 6.10 Å². The Morgan fingerprint density at radius 2 is 2.25 bits per heavy atom. The lowest BCUT2D eigenvalue weighted by Gasteiger charge is -2.21. The molecule has 2 unspecified atom stereocenters. The molecule has 1 heterocycles. The second-order valence-corrected chi connectivity index (χ2v) is 4.61. The number of nitrogens with one attached hydrogen (secondary N) is 1. The summed E-state index contributed by atoms with van der Waals surface area (Å²) in [5.74, 6) is 0. The van der Waals surface area contributed by atoms with Crippen LogP contribution in [0.1, 0.15) is 26.7 Å². The molecule has 96 valence electrons. The highest BCUT2D eigenvalue weighted by molar-refractivity contribution is 4.68. The maximum atomic E-state index is 5.80. The van der Waals surface area contributed by atoms with E-state index in [1.807, 2.05) is 0 Å². The molecule has 0 amide bonds.